The van der Waals surface area contributed by atoms with Gasteiger partial charge in [0.05, 0.1) is 15.6 Å². The smallest absolute Gasteiger partial charge is 0.264 e. The average molecular weight is 570 g/mol. The quantitative estimate of drug-likeness (QED) is 0.292. The first-order valence-corrected chi connectivity index (χ1v) is 14.8. The minimum Gasteiger partial charge on any atom is -0.354 e. The van der Waals surface area contributed by atoms with Crippen molar-refractivity contribution in [2.75, 3.05) is 17.4 Å². The molecular weight excluding hydrogens is 534 g/mol. The number of sulfonamides is 1. The molecule has 7 nitrogen and oxygen atoms in total. The maximum atomic E-state index is 14.0. The number of anilines is 1. The zero-order chi connectivity index (χ0) is 28.6. The lowest BCUT2D eigenvalue weighted by atomic mass is 10.1. The van der Waals surface area contributed by atoms with Crippen molar-refractivity contribution in [2.45, 2.75) is 58.0 Å². The number of amides is 2. The number of unbranched alkanes of at least 4 members (excludes halogenated alkanes) is 1. The van der Waals surface area contributed by atoms with Crippen LogP contribution in [0.1, 0.15) is 43.4 Å². The Labute approximate surface area is 236 Å². The third kappa shape index (κ3) is 7.61. The van der Waals surface area contributed by atoms with Gasteiger partial charge in [0.15, 0.2) is 0 Å². The standard InChI is InChI=1S/C30H36ClN3O4S/c1-5-6-19-32-30(36)24(4)33(20-25-12-8-7-11-23(25)3)29(35)21-34(28-14-10-9-13-27(28)31)39(37,38)26-17-15-22(2)16-18-26/h7-18,24H,5-6,19-21H2,1-4H3,(H,32,36)/t24-/m0/s1. The summed E-state index contributed by atoms with van der Waals surface area (Å²) in [4.78, 5) is 28.5. The summed E-state index contributed by atoms with van der Waals surface area (Å²) >= 11 is 6.44. The van der Waals surface area contributed by atoms with Crippen LogP contribution in [0.4, 0.5) is 5.69 Å². The molecule has 0 spiro atoms. The van der Waals surface area contributed by atoms with Gasteiger partial charge in [0.2, 0.25) is 11.8 Å². The molecule has 0 fully saturated rings. The van der Waals surface area contributed by atoms with Gasteiger partial charge in [-0.25, -0.2) is 8.42 Å². The fourth-order valence-corrected chi connectivity index (χ4v) is 5.82. The van der Waals surface area contributed by atoms with Crippen LogP contribution in [0.15, 0.2) is 77.7 Å². The molecule has 0 radical (unpaired) electrons. The predicted octanol–water partition coefficient (Wildman–Crippen LogP) is 5.49. The average Bonchev–Trinajstić information content (AvgIpc) is 2.91. The van der Waals surface area contributed by atoms with Crippen molar-refractivity contribution in [3.05, 3.63) is 94.5 Å². The molecule has 0 unspecified atom stereocenters. The predicted molar refractivity (Wildman–Crippen MR) is 156 cm³/mol. The minimum absolute atomic E-state index is 0.0385. The van der Waals surface area contributed by atoms with Crippen molar-refractivity contribution in [3.63, 3.8) is 0 Å². The summed E-state index contributed by atoms with van der Waals surface area (Å²) in [7, 11) is -4.17. The third-order valence-electron chi connectivity index (χ3n) is 6.61. The van der Waals surface area contributed by atoms with E-state index in [-0.39, 0.29) is 28.1 Å². The molecule has 9 heteroatoms. The summed E-state index contributed by atoms with van der Waals surface area (Å²) in [5, 5.41) is 3.08. The number of hydrogen-bond donors (Lipinski definition) is 1. The van der Waals surface area contributed by atoms with Crippen LogP contribution in [0.5, 0.6) is 0 Å². The van der Waals surface area contributed by atoms with Gasteiger partial charge in [0.25, 0.3) is 10.0 Å². The number of carbonyl (C=O) groups excluding carboxylic acids is 2. The first kappa shape index (κ1) is 30.2. The molecule has 0 aliphatic heterocycles. The molecule has 39 heavy (non-hydrogen) atoms. The molecule has 3 rings (SSSR count). The minimum atomic E-state index is -4.17. The molecule has 0 heterocycles. The molecule has 2 amide bonds. The molecular formula is C30H36ClN3O4S. The number of hydrogen-bond acceptors (Lipinski definition) is 4. The Hall–Kier alpha value is -3.36. The summed E-state index contributed by atoms with van der Waals surface area (Å²) in [6.07, 6.45) is 1.74. The molecule has 1 N–H and O–H groups in total. The van der Waals surface area contributed by atoms with Crippen molar-refractivity contribution in [3.8, 4) is 0 Å². The van der Waals surface area contributed by atoms with Crippen LogP contribution in [-0.2, 0) is 26.2 Å². The van der Waals surface area contributed by atoms with Gasteiger partial charge >= 0.3 is 0 Å². The Bertz CT molecular complexity index is 1390. The lowest BCUT2D eigenvalue weighted by Gasteiger charge is -2.32. The number of nitrogens with one attached hydrogen (secondary N) is 1. The van der Waals surface area contributed by atoms with Gasteiger partial charge in [0, 0.05) is 13.1 Å². The maximum absolute atomic E-state index is 14.0. The van der Waals surface area contributed by atoms with E-state index < -0.39 is 28.5 Å². The van der Waals surface area contributed by atoms with E-state index in [9.17, 15) is 18.0 Å². The van der Waals surface area contributed by atoms with Gasteiger partial charge in [-0.05, 0) is 62.6 Å². The van der Waals surface area contributed by atoms with E-state index in [1.807, 2.05) is 45.0 Å². The fourth-order valence-electron chi connectivity index (χ4n) is 4.09. The topological polar surface area (TPSA) is 86.8 Å². The summed E-state index contributed by atoms with van der Waals surface area (Å²) in [6, 6.07) is 19.7. The van der Waals surface area contributed by atoms with Gasteiger partial charge < -0.3 is 10.2 Å². The Balaban J connectivity index is 2.02. The molecule has 0 saturated carbocycles. The normalized spacial score (nSPS) is 12.0. The second-order valence-electron chi connectivity index (χ2n) is 9.54. The second kappa shape index (κ2) is 13.6. The van der Waals surface area contributed by atoms with E-state index in [4.69, 9.17) is 11.6 Å². The number of rotatable bonds is 12. The molecule has 0 aromatic heterocycles. The number of aryl methyl sites for hydroxylation is 2. The number of halogens is 1. The highest BCUT2D eigenvalue weighted by Gasteiger charge is 2.33. The van der Waals surface area contributed by atoms with E-state index >= 15 is 0 Å². The highest BCUT2D eigenvalue weighted by Crippen LogP contribution is 2.31. The largest absolute Gasteiger partial charge is 0.354 e. The highest BCUT2D eigenvalue weighted by atomic mass is 35.5. The zero-order valence-corrected chi connectivity index (χ0v) is 24.4. The van der Waals surface area contributed by atoms with Crippen molar-refractivity contribution in [1.29, 1.82) is 0 Å². The van der Waals surface area contributed by atoms with Gasteiger partial charge in [0.1, 0.15) is 12.6 Å². The van der Waals surface area contributed by atoms with Crippen molar-refractivity contribution in [2.24, 2.45) is 0 Å². The lowest BCUT2D eigenvalue weighted by Crippen LogP contribution is -2.51. The first-order chi connectivity index (χ1) is 18.6. The molecule has 0 bridgehead atoms. The molecule has 1 atom stereocenters. The highest BCUT2D eigenvalue weighted by molar-refractivity contribution is 7.92. The van der Waals surface area contributed by atoms with Crippen LogP contribution in [0.3, 0.4) is 0 Å². The van der Waals surface area contributed by atoms with Crippen LogP contribution in [0.2, 0.25) is 5.02 Å². The lowest BCUT2D eigenvalue weighted by molar-refractivity contribution is -0.139. The first-order valence-electron chi connectivity index (χ1n) is 13.0. The monoisotopic (exact) mass is 569 g/mol. The van der Waals surface area contributed by atoms with Crippen molar-refractivity contribution >= 4 is 39.1 Å². The number of benzene rings is 3. The molecule has 0 aliphatic carbocycles. The van der Waals surface area contributed by atoms with Crippen molar-refractivity contribution < 1.29 is 18.0 Å². The summed E-state index contributed by atoms with van der Waals surface area (Å²) in [5.74, 6) is -0.817. The van der Waals surface area contributed by atoms with Crippen LogP contribution in [0.25, 0.3) is 0 Å². The maximum Gasteiger partial charge on any atom is 0.264 e. The van der Waals surface area contributed by atoms with Gasteiger partial charge in [-0.1, -0.05) is 79.0 Å². The Morgan fingerprint density at radius 3 is 2.23 bits per heavy atom. The molecule has 208 valence electrons. The number of para-hydroxylation sites is 1. The van der Waals surface area contributed by atoms with E-state index in [1.165, 1.54) is 17.0 Å². The third-order valence-corrected chi connectivity index (χ3v) is 8.70. The summed E-state index contributed by atoms with van der Waals surface area (Å²) < 4.78 is 28.7. The second-order valence-corrected chi connectivity index (χ2v) is 11.8. The van der Waals surface area contributed by atoms with E-state index in [1.54, 1.807) is 43.3 Å². The van der Waals surface area contributed by atoms with Crippen LogP contribution < -0.4 is 9.62 Å². The SMILES string of the molecule is CCCCNC(=O)[C@H](C)N(Cc1ccccc1C)C(=O)CN(c1ccccc1Cl)S(=O)(=O)c1ccc(C)cc1. The van der Waals surface area contributed by atoms with Gasteiger partial charge in [-0.15, -0.1) is 0 Å². The molecule has 0 saturated heterocycles. The van der Waals surface area contributed by atoms with Crippen molar-refractivity contribution in [1.82, 2.24) is 10.2 Å². The Morgan fingerprint density at radius 2 is 1.59 bits per heavy atom. The zero-order valence-electron chi connectivity index (χ0n) is 22.9. The van der Waals surface area contributed by atoms with E-state index in [2.05, 4.69) is 5.32 Å². The van der Waals surface area contributed by atoms with Crippen LogP contribution >= 0.6 is 11.6 Å². The summed E-state index contributed by atoms with van der Waals surface area (Å²) in [5.41, 5.74) is 2.92. The fraction of sp³-hybridized carbons (Fsp3) is 0.333. The Morgan fingerprint density at radius 1 is 0.949 bits per heavy atom. The number of carbonyl (C=O) groups is 2. The molecule has 0 aliphatic rings. The Kier molecular flexibility index (Phi) is 10.5. The van der Waals surface area contributed by atoms with Gasteiger partial charge in [-0.2, -0.15) is 0 Å². The molecule has 3 aromatic rings. The van der Waals surface area contributed by atoms with Crippen LogP contribution in [-0.4, -0.2) is 44.3 Å². The van der Waals surface area contributed by atoms with Crippen LogP contribution in [0, 0.1) is 13.8 Å². The summed E-state index contributed by atoms with van der Waals surface area (Å²) in [6.45, 7) is 7.60. The van der Waals surface area contributed by atoms with E-state index in [0.29, 0.717) is 6.54 Å². The van der Waals surface area contributed by atoms with E-state index in [0.717, 1.165) is 33.8 Å². The molecule has 3 aromatic carbocycles. The number of nitrogens with zero attached hydrogens (tertiary/aromatic N) is 2. The van der Waals surface area contributed by atoms with Gasteiger partial charge in [-0.3, -0.25) is 13.9 Å².